The molecule has 1 aromatic carbocycles. The Bertz CT molecular complexity index is 222. The maximum atomic E-state index is 9.29. The summed E-state index contributed by atoms with van der Waals surface area (Å²) < 4.78 is 1.16. The Morgan fingerprint density at radius 1 is 1.36 bits per heavy atom. The predicted molar refractivity (Wildman–Crippen MR) is 53.2 cm³/mol. The molecule has 1 rings (SSSR count). The van der Waals surface area contributed by atoms with E-state index >= 15 is 0 Å². The quantitative estimate of drug-likeness (QED) is 0.789. The minimum Gasteiger partial charge on any atom is -0.387 e. The summed E-state index contributed by atoms with van der Waals surface area (Å²) in [5.74, 6) is 0. The number of nitrogens with two attached hydrogens (primary N) is 1. The maximum absolute atomic E-state index is 9.29. The van der Waals surface area contributed by atoms with Gasteiger partial charge in [-0.05, 0) is 40.3 Å². The number of halogens is 1. The van der Waals surface area contributed by atoms with Crippen molar-refractivity contribution in [2.24, 2.45) is 5.73 Å². The third kappa shape index (κ3) is 2.43. The Hall–Kier alpha value is -0.130. The summed E-state index contributed by atoms with van der Waals surface area (Å²) in [5, 5.41) is 9.29. The van der Waals surface area contributed by atoms with E-state index in [9.17, 15) is 5.11 Å². The van der Waals surface area contributed by atoms with Crippen molar-refractivity contribution < 1.29 is 5.11 Å². The molecule has 0 fully saturated rings. The molecule has 1 aromatic rings. The number of hydrogen-bond donors (Lipinski definition) is 2. The molecule has 0 unspecified atom stereocenters. The van der Waals surface area contributed by atoms with Gasteiger partial charge in [0.1, 0.15) is 0 Å². The van der Waals surface area contributed by atoms with Gasteiger partial charge in [-0.3, -0.25) is 0 Å². The molecule has 0 radical (unpaired) electrons. The fraction of sp³-hybridized carbons (Fsp3) is 0.250. The van der Waals surface area contributed by atoms with Crippen LogP contribution in [0.15, 0.2) is 24.3 Å². The molecule has 0 bridgehead atoms. The van der Waals surface area contributed by atoms with Crippen molar-refractivity contribution in [3.8, 4) is 0 Å². The molecule has 0 amide bonds. The predicted octanol–water partition coefficient (Wildman–Crippen LogP) is 1.28. The second-order valence-electron chi connectivity index (χ2n) is 2.30. The highest BCUT2D eigenvalue weighted by Crippen LogP contribution is 2.13. The smallest absolute Gasteiger partial charge is 0.0912 e. The summed E-state index contributed by atoms with van der Waals surface area (Å²) in [6.45, 7) is 0.278. The molecule has 0 spiro atoms. The molecule has 0 heterocycles. The van der Waals surface area contributed by atoms with Crippen molar-refractivity contribution in [2.75, 3.05) is 6.54 Å². The topological polar surface area (TPSA) is 46.2 Å². The van der Waals surface area contributed by atoms with Gasteiger partial charge >= 0.3 is 0 Å². The molecule has 60 valence electrons. The van der Waals surface area contributed by atoms with Crippen LogP contribution in [-0.2, 0) is 0 Å². The van der Waals surface area contributed by atoms with Gasteiger partial charge in [0.05, 0.1) is 6.10 Å². The van der Waals surface area contributed by atoms with E-state index in [-0.39, 0.29) is 6.54 Å². The highest BCUT2D eigenvalue weighted by Gasteiger charge is 2.02. The standard InChI is InChI=1S/C8H10INO/c9-7-3-1-6(2-4-7)8(11)5-10/h1-4,8,11H,5,10H2/t8-/m1/s1. The summed E-state index contributed by atoms with van der Waals surface area (Å²) >= 11 is 2.22. The molecule has 0 saturated carbocycles. The first kappa shape index (κ1) is 8.96. The molecule has 3 heteroatoms. The van der Waals surface area contributed by atoms with Crippen LogP contribution in [0.2, 0.25) is 0 Å². The SMILES string of the molecule is NC[C@@H](O)c1ccc(I)cc1. The summed E-state index contributed by atoms with van der Waals surface area (Å²) in [5.41, 5.74) is 6.17. The zero-order valence-electron chi connectivity index (χ0n) is 6.00. The van der Waals surface area contributed by atoms with E-state index in [0.717, 1.165) is 9.13 Å². The summed E-state index contributed by atoms with van der Waals surface area (Å²) in [4.78, 5) is 0. The van der Waals surface area contributed by atoms with Gasteiger partial charge in [0.15, 0.2) is 0 Å². The van der Waals surface area contributed by atoms with Crippen LogP contribution < -0.4 is 5.73 Å². The van der Waals surface area contributed by atoms with Crippen LogP contribution in [0.5, 0.6) is 0 Å². The molecule has 1 atom stereocenters. The summed E-state index contributed by atoms with van der Waals surface area (Å²) in [6.07, 6.45) is -0.521. The largest absolute Gasteiger partial charge is 0.387 e. The van der Waals surface area contributed by atoms with Gasteiger partial charge in [0.25, 0.3) is 0 Å². The van der Waals surface area contributed by atoms with Crippen LogP contribution in [0.4, 0.5) is 0 Å². The molecular formula is C8H10INO. The Morgan fingerprint density at radius 3 is 2.36 bits per heavy atom. The van der Waals surface area contributed by atoms with Gasteiger partial charge in [-0.25, -0.2) is 0 Å². The van der Waals surface area contributed by atoms with Gasteiger partial charge < -0.3 is 10.8 Å². The lowest BCUT2D eigenvalue weighted by Crippen LogP contribution is -2.11. The fourth-order valence-corrected chi connectivity index (χ4v) is 1.18. The first-order chi connectivity index (χ1) is 5.24. The minimum absolute atomic E-state index is 0.278. The van der Waals surface area contributed by atoms with E-state index in [0.29, 0.717) is 0 Å². The second kappa shape index (κ2) is 4.04. The Balaban J connectivity index is 2.81. The van der Waals surface area contributed by atoms with Crippen LogP contribution in [0.25, 0.3) is 0 Å². The molecule has 0 aliphatic heterocycles. The van der Waals surface area contributed by atoms with Gasteiger partial charge in [-0.15, -0.1) is 0 Å². The molecule has 0 aliphatic carbocycles. The maximum Gasteiger partial charge on any atom is 0.0912 e. The number of hydrogen-bond acceptors (Lipinski definition) is 2. The monoisotopic (exact) mass is 263 g/mol. The minimum atomic E-state index is -0.521. The zero-order chi connectivity index (χ0) is 8.27. The lowest BCUT2D eigenvalue weighted by Gasteiger charge is -2.06. The highest BCUT2D eigenvalue weighted by atomic mass is 127. The van der Waals surface area contributed by atoms with Crippen molar-refractivity contribution in [3.63, 3.8) is 0 Å². The summed E-state index contributed by atoms with van der Waals surface area (Å²) in [7, 11) is 0. The molecule has 2 nitrogen and oxygen atoms in total. The average molecular weight is 263 g/mol. The number of benzene rings is 1. The molecule has 0 aliphatic rings. The van der Waals surface area contributed by atoms with E-state index in [4.69, 9.17) is 5.73 Å². The van der Waals surface area contributed by atoms with Crippen molar-refractivity contribution in [1.82, 2.24) is 0 Å². The molecule has 11 heavy (non-hydrogen) atoms. The average Bonchev–Trinajstić information content (AvgIpc) is 2.05. The number of aliphatic hydroxyl groups excluding tert-OH is 1. The summed E-state index contributed by atoms with van der Waals surface area (Å²) in [6, 6.07) is 7.68. The van der Waals surface area contributed by atoms with Gasteiger partial charge in [-0.2, -0.15) is 0 Å². The van der Waals surface area contributed by atoms with Crippen molar-refractivity contribution >= 4 is 22.6 Å². The number of aliphatic hydroxyl groups is 1. The third-order valence-corrected chi connectivity index (χ3v) is 2.20. The van der Waals surface area contributed by atoms with E-state index in [2.05, 4.69) is 22.6 Å². The Morgan fingerprint density at radius 2 is 1.91 bits per heavy atom. The first-order valence-electron chi connectivity index (χ1n) is 3.37. The van der Waals surface area contributed by atoms with Gasteiger partial charge in [0, 0.05) is 10.1 Å². The van der Waals surface area contributed by atoms with Crippen molar-refractivity contribution in [3.05, 3.63) is 33.4 Å². The van der Waals surface area contributed by atoms with Crippen LogP contribution in [0.3, 0.4) is 0 Å². The Kier molecular flexibility index (Phi) is 3.29. The molecule has 3 N–H and O–H groups in total. The molecule has 0 saturated heterocycles. The normalized spacial score (nSPS) is 13.0. The van der Waals surface area contributed by atoms with E-state index in [1.165, 1.54) is 0 Å². The van der Waals surface area contributed by atoms with Crippen LogP contribution >= 0.6 is 22.6 Å². The zero-order valence-corrected chi connectivity index (χ0v) is 8.15. The lowest BCUT2D eigenvalue weighted by atomic mass is 10.1. The highest BCUT2D eigenvalue weighted by molar-refractivity contribution is 14.1. The van der Waals surface area contributed by atoms with E-state index < -0.39 is 6.10 Å². The van der Waals surface area contributed by atoms with Gasteiger partial charge in [-0.1, -0.05) is 12.1 Å². The third-order valence-electron chi connectivity index (χ3n) is 1.48. The molecule has 0 aromatic heterocycles. The van der Waals surface area contributed by atoms with Crippen molar-refractivity contribution in [1.29, 1.82) is 0 Å². The molecular weight excluding hydrogens is 253 g/mol. The van der Waals surface area contributed by atoms with Crippen LogP contribution in [0, 0.1) is 3.57 Å². The Labute approximate surface area is 79.6 Å². The van der Waals surface area contributed by atoms with Crippen molar-refractivity contribution in [2.45, 2.75) is 6.10 Å². The first-order valence-corrected chi connectivity index (χ1v) is 4.45. The number of rotatable bonds is 2. The van der Waals surface area contributed by atoms with Crippen LogP contribution in [0.1, 0.15) is 11.7 Å². The lowest BCUT2D eigenvalue weighted by molar-refractivity contribution is 0.186. The van der Waals surface area contributed by atoms with E-state index in [1.54, 1.807) is 0 Å². The van der Waals surface area contributed by atoms with Crippen LogP contribution in [-0.4, -0.2) is 11.7 Å². The second-order valence-corrected chi connectivity index (χ2v) is 3.55. The van der Waals surface area contributed by atoms with Gasteiger partial charge in [0.2, 0.25) is 0 Å². The van der Waals surface area contributed by atoms with E-state index in [1.807, 2.05) is 24.3 Å². The fourth-order valence-electron chi connectivity index (χ4n) is 0.821.